The summed E-state index contributed by atoms with van der Waals surface area (Å²) < 4.78 is 31.8. The monoisotopic (exact) mass is 873 g/mol. The maximum atomic E-state index is 15.2. The van der Waals surface area contributed by atoms with E-state index in [0.717, 1.165) is 49.3 Å². The van der Waals surface area contributed by atoms with Crippen LogP contribution in [0.15, 0.2) is 54.6 Å². The van der Waals surface area contributed by atoms with E-state index in [2.05, 4.69) is 32.9 Å². The molecule has 0 heterocycles. The third-order valence-electron chi connectivity index (χ3n) is 8.77. The van der Waals surface area contributed by atoms with Crippen LogP contribution in [0, 0.1) is 42.8 Å². The van der Waals surface area contributed by atoms with E-state index in [4.69, 9.17) is 25.7 Å². The maximum Gasteiger partial charge on any atom is 2.00 e. The molecule has 7 heteroatoms. The summed E-state index contributed by atoms with van der Waals surface area (Å²) in [4.78, 5) is 0. The molecular formula is C40H59FN2O3U. The number of ether oxygens (including phenoxy) is 3. The van der Waals surface area contributed by atoms with E-state index in [1.165, 1.54) is 57.6 Å². The van der Waals surface area contributed by atoms with E-state index in [1.54, 1.807) is 32.4 Å². The van der Waals surface area contributed by atoms with Gasteiger partial charge in [0.1, 0.15) is 11.6 Å². The van der Waals surface area contributed by atoms with E-state index < -0.39 is 0 Å². The number of benzene rings is 3. The van der Waals surface area contributed by atoms with Crippen LogP contribution in [0.4, 0.5) is 10.1 Å². The molecule has 1 fully saturated rings. The zero-order chi connectivity index (χ0) is 33.7. The van der Waals surface area contributed by atoms with Gasteiger partial charge < -0.3 is 25.7 Å². The Morgan fingerprint density at radius 2 is 1.51 bits per heavy atom. The van der Waals surface area contributed by atoms with Crippen LogP contribution in [0.1, 0.15) is 120 Å². The standard InChI is InChI=1S/C30H37FNO3.C9H18.CH4N.U/c1-5-7-15-35-30-20-28(32)25(19-29(30)34-4)17-24-12-11-23(18-27(24)31)22(8-6-2)16-21-9-13-26(33-3)14-10-21;1-2-6-9-7-4-3-5-8-9;1-2;/h9-14,18-20,22,32H,5-8,15-17H2,1-4H3;9H,2-8H2,1H3;2H,1H3;/q-1;;-1;+2. The van der Waals surface area contributed by atoms with Gasteiger partial charge in [-0.3, -0.25) is 0 Å². The fourth-order valence-electron chi connectivity index (χ4n) is 6.18. The number of methoxy groups -OCH3 is 2. The van der Waals surface area contributed by atoms with Gasteiger partial charge in [0.2, 0.25) is 0 Å². The summed E-state index contributed by atoms with van der Waals surface area (Å²) in [6.07, 6.45) is 15.6. The molecule has 47 heavy (non-hydrogen) atoms. The number of hydrogen-bond acceptors (Lipinski definition) is 3. The molecule has 0 spiro atoms. The first-order valence-corrected chi connectivity index (χ1v) is 17.4. The van der Waals surface area contributed by atoms with E-state index in [-0.39, 0.29) is 42.8 Å². The van der Waals surface area contributed by atoms with Crippen molar-refractivity contribution in [2.45, 2.75) is 110 Å². The third kappa shape index (κ3) is 14.8. The first-order valence-electron chi connectivity index (χ1n) is 17.4. The molecule has 1 saturated carbocycles. The Morgan fingerprint density at radius 3 is 2.09 bits per heavy atom. The Kier molecular flexibility index (Phi) is 22.7. The smallest absolute Gasteiger partial charge is 0.698 e. The summed E-state index contributed by atoms with van der Waals surface area (Å²) in [6.45, 7) is 7.14. The summed E-state index contributed by atoms with van der Waals surface area (Å²) >= 11 is 0. The Balaban J connectivity index is 0.000000785. The van der Waals surface area contributed by atoms with Crippen LogP contribution < -0.4 is 14.2 Å². The quantitative estimate of drug-likeness (QED) is 0.143. The number of rotatable bonds is 15. The van der Waals surface area contributed by atoms with E-state index in [9.17, 15) is 0 Å². The number of hydrogen-bond donors (Lipinski definition) is 0. The van der Waals surface area contributed by atoms with Gasteiger partial charge in [-0.1, -0.05) is 108 Å². The second-order valence-corrected chi connectivity index (χ2v) is 12.2. The van der Waals surface area contributed by atoms with Gasteiger partial charge >= 0.3 is 31.1 Å². The minimum absolute atomic E-state index is 0. The summed E-state index contributed by atoms with van der Waals surface area (Å²) in [5, 5.41) is 0. The van der Waals surface area contributed by atoms with Crippen LogP contribution in [0.25, 0.3) is 11.5 Å². The van der Waals surface area contributed by atoms with Gasteiger partial charge in [-0.05, 0) is 84.5 Å². The zero-order valence-electron chi connectivity index (χ0n) is 29.9. The van der Waals surface area contributed by atoms with Crippen molar-refractivity contribution in [3.8, 4) is 17.2 Å². The van der Waals surface area contributed by atoms with Crippen molar-refractivity contribution in [2.24, 2.45) is 5.92 Å². The summed E-state index contributed by atoms with van der Waals surface area (Å²) in [6, 6.07) is 17.1. The Labute approximate surface area is 309 Å². The predicted octanol–water partition coefficient (Wildman–Crippen LogP) is 12.5. The minimum Gasteiger partial charge on any atom is -0.698 e. The molecular weight excluding hydrogens is 813 g/mol. The molecule has 1 aliphatic carbocycles. The van der Waals surface area contributed by atoms with Crippen molar-refractivity contribution in [1.29, 1.82) is 0 Å². The molecule has 5 nitrogen and oxygen atoms in total. The van der Waals surface area contributed by atoms with Crippen molar-refractivity contribution in [2.75, 3.05) is 27.9 Å². The SMILES string of the molecule is CCCC1CCCCC1.CCCCOc1cc([NH-])c(Cc2ccc(C(CCC)Cc3ccc(OC)cc3)cc2F)cc1OC.C[NH-].[U+2]. The van der Waals surface area contributed by atoms with Crippen LogP contribution in [0.2, 0.25) is 0 Å². The van der Waals surface area contributed by atoms with Crippen molar-refractivity contribution in [3.63, 3.8) is 0 Å². The van der Waals surface area contributed by atoms with Gasteiger partial charge in [0.15, 0.2) is 11.5 Å². The molecule has 2 N–H and O–H groups in total. The second-order valence-electron chi connectivity index (χ2n) is 12.2. The van der Waals surface area contributed by atoms with E-state index >= 15 is 4.39 Å². The first kappa shape index (κ1) is 42.8. The van der Waals surface area contributed by atoms with Crippen LogP contribution in [-0.4, -0.2) is 27.9 Å². The molecule has 1 atom stereocenters. The first-order chi connectivity index (χ1) is 22.4. The largest absolute Gasteiger partial charge is 2.00 e. The number of nitrogens with one attached hydrogen (secondary N) is 2. The van der Waals surface area contributed by atoms with Crippen molar-refractivity contribution >= 4 is 5.69 Å². The zero-order valence-corrected chi connectivity index (χ0v) is 34.0. The average Bonchev–Trinajstić information content (AvgIpc) is 3.08. The van der Waals surface area contributed by atoms with Crippen LogP contribution in [-0.2, 0) is 12.8 Å². The molecule has 0 saturated heterocycles. The molecule has 3 aromatic carbocycles. The molecule has 0 aliphatic heterocycles. The van der Waals surface area contributed by atoms with Crippen molar-refractivity contribution < 1.29 is 49.7 Å². The average molecular weight is 873 g/mol. The van der Waals surface area contributed by atoms with E-state index in [0.29, 0.717) is 41.3 Å². The third-order valence-corrected chi connectivity index (χ3v) is 8.77. The summed E-state index contributed by atoms with van der Waals surface area (Å²) in [5.41, 5.74) is 18.0. The van der Waals surface area contributed by atoms with Crippen molar-refractivity contribution in [1.82, 2.24) is 0 Å². The van der Waals surface area contributed by atoms with Gasteiger partial charge in [-0.25, -0.2) is 4.39 Å². The van der Waals surface area contributed by atoms with Crippen molar-refractivity contribution in [3.05, 3.63) is 94.1 Å². The molecule has 1 aliphatic rings. The summed E-state index contributed by atoms with van der Waals surface area (Å²) in [7, 11) is 4.50. The van der Waals surface area contributed by atoms with Crippen LogP contribution in [0.5, 0.6) is 17.2 Å². The molecule has 4 rings (SSSR count). The molecule has 0 amide bonds. The Morgan fingerprint density at radius 1 is 0.809 bits per heavy atom. The topological polar surface area (TPSA) is 75.3 Å². The maximum absolute atomic E-state index is 15.2. The molecule has 258 valence electrons. The summed E-state index contributed by atoms with van der Waals surface area (Å²) in [5.74, 6) is 3.08. The number of halogens is 1. The van der Waals surface area contributed by atoms with Crippen LogP contribution in [0.3, 0.4) is 0 Å². The second kappa shape index (κ2) is 24.9. The molecule has 0 aromatic heterocycles. The Bertz CT molecular complexity index is 1250. The van der Waals surface area contributed by atoms with Gasteiger partial charge in [0.25, 0.3) is 0 Å². The molecule has 3 aromatic rings. The fourth-order valence-corrected chi connectivity index (χ4v) is 6.18. The molecule has 1 unspecified atom stereocenters. The molecule has 0 bridgehead atoms. The normalized spacial score (nSPS) is 13.2. The fraction of sp³-hybridized carbons (Fsp3) is 0.550. The van der Waals surface area contributed by atoms with E-state index in [1.807, 2.05) is 24.3 Å². The number of unbranched alkanes of at least 4 members (excludes halogenated alkanes) is 1. The van der Waals surface area contributed by atoms with Gasteiger partial charge in [-0.2, -0.15) is 7.05 Å². The predicted molar refractivity (Wildman–Crippen MR) is 193 cm³/mol. The Hall–Kier alpha value is -2.20. The molecule has 0 radical (unpaired) electrons. The van der Waals surface area contributed by atoms with Gasteiger partial charge in [0, 0.05) is 0 Å². The van der Waals surface area contributed by atoms with Gasteiger partial charge in [0.05, 0.1) is 20.8 Å². The van der Waals surface area contributed by atoms with Crippen LogP contribution >= 0.6 is 0 Å². The minimum atomic E-state index is -0.236. The van der Waals surface area contributed by atoms with Gasteiger partial charge in [-0.15, -0.1) is 5.69 Å².